The largest absolute Gasteiger partial charge is 0.467 e. The molecule has 1 aliphatic heterocycles. The Hall–Kier alpha value is -1.39. The molecular formula is C15H21NO3. The van der Waals surface area contributed by atoms with Gasteiger partial charge in [-0.2, -0.15) is 0 Å². The highest BCUT2D eigenvalue weighted by Gasteiger charge is 2.38. The van der Waals surface area contributed by atoms with Crippen LogP contribution in [0.5, 0.6) is 0 Å². The van der Waals surface area contributed by atoms with Crippen LogP contribution in [0.25, 0.3) is 0 Å². The molecule has 4 heteroatoms. The van der Waals surface area contributed by atoms with E-state index < -0.39 is 11.8 Å². The van der Waals surface area contributed by atoms with Crippen LogP contribution >= 0.6 is 0 Å². The number of hydrogen-bond donors (Lipinski definition) is 0. The van der Waals surface area contributed by atoms with Crippen LogP contribution in [0.1, 0.15) is 25.8 Å². The average molecular weight is 263 g/mol. The summed E-state index contributed by atoms with van der Waals surface area (Å²) in [6.45, 7) is 5.62. The minimum absolute atomic E-state index is 0.285. The summed E-state index contributed by atoms with van der Waals surface area (Å²) in [4.78, 5) is 13.8. The third-order valence-electron chi connectivity index (χ3n) is 3.53. The van der Waals surface area contributed by atoms with Crippen molar-refractivity contribution in [2.75, 3.05) is 13.7 Å². The summed E-state index contributed by atoms with van der Waals surface area (Å²) < 4.78 is 10.6. The maximum Gasteiger partial charge on any atom is 0.335 e. The smallest absolute Gasteiger partial charge is 0.335 e. The fraction of sp³-hybridized carbons (Fsp3) is 0.533. The van der Waals surface area contributed by atoms with Crippen LogP contribution in [-0.2, 0) is 20.8 Å². The van der Waals surface area contributed by atoms with Gasteiger partial charge in [0.1, 0.15) is 5.72 Å². The highest BCUT2D eigenvalue weighted by atomic mass is 16.6. The molecule has 0 radical (unpaired) electrons. The monoisotopic (exact) mass is 263 g/mol. The Kier molecular flexibility index (Phi) is 4.22. The normalized spacial score (nSPS) is 23.0. The van der Waals surface area contributed by atoms with Gasteiger partial charge in [-0.25, -0.2) is 4.79 Å². The molecule has 0 amide bonds. The average Bonchev–Trinajstić information content (AvgIpc) is 2.41. The first-order valence-electron chi connectivity index (χ1n) is 6.57. The molecule has 4 nitrogen and oxygen atoms in total. The first kappa shape index (κ1) is 14.0. The van der Waals surface area contributed by atoms with Gasteiger partial charge in [-0.1, -0.05) is 30.3 Å². The zero-order valence-electron chi connectivity index (χ0n) is 11.8. The van der Waals surface area contributed by atoms with Crippen LogP contribution in [-0.4, -0.2) is 36.4 Å². The predicted molar refractivity (Wildman–Crippen MR) is 72.4 cm³/mol. The lowest BCUT2D eigenvalue weighted by Gasteiger charge is -2.44. The summed E-state index contributed by atoms with van der Waals surface area (Å²) in [7, 11) is 1.40. The molecule has 0 bridgehead atoms. The van der Waals surface area contributed by atoms with E-state index in [1.807, 2.05) is 32.0 Å². The number of esters is 1. The minimum Gasteiger partial charge on any atom is -0.467 e. The van der Waals surface area contributed by atoms with Crippen molar-refractivity contribution >= 4 is 5.97 Å². The van der Waals surface area contributed by atoms with Gasteiger partial charge >= 0.3 is 5.97 Å². The summed E-state index contributed by atoms with van der Waals surface area (Å²) in [5.41, 5.74) is 0.781. The molecule has 1 aliphatic rings. The molecule has 104 valence electrons. The molecular weight excluding hydrogens is 242 g/mol. The lowest BCUT2D eigenvalue weighted by Crippen LogP contribution is -2.54. The molecule has 0 aliphatic carbocycles. The summed E-state index contributed by atoms with van der Waals surface area (Å²) in [5.74, 6) is -0.285. The lowest BCUT2D eigenvalue weighted by atomic mass is 10.1. The third kappa shape index (κ3) is 3.33. The molecule has 0 aromatic heterocycles. The first-order chi connectivity index (χ1) is 9.03. The van der Waals surface area contributed by atoms with E-state index in [2.05, 4.69) is 17.0 Å². The fourth-order valence-electron chi connectivity index (χ4n) is 2.39. The van der Waals surface area contributed by atoms with Crippen LogP contribution in [0.3, 0.4) is 0 Å². The van der Waals surface area contributed by atoms with Gasteiger partial charge in [-0.05, 0) is 25.8 Å². The number of benzene rings is 1. The Bertz CT molecular complexity index is 430. The first-order valence-corrected chi connectivity index (χ1v) is 6.57. The number of methoxy groups -OCH3 is 1. The van der Waals surface area contributed by atoms with Crippen molar-refractivity contribution in [2.45, 2.75) is 38.6 Å². The SMILES string of the molecule is COC(=O)C1CCN(Cc2ccccc2)C(C)(C)O1. The van der Waals surface area contributed by atoms with E-state index in [-0.39, 0.29) is 5.97 Å². The van der Waals surface area contributed by atoms with Crippen molar-refractivity contribution < 1.29 is 14.3 Å². The Morgan fingerprint density at radius 3 is 2.68 bits per heavy atom. The van der Waals surface area contributed by atoms with E-state index in [4.69, 9.17) is 9.47 Å². The number of ether oxygens (including phenoxy) is 2. The van der Waals surface area contributed by atoms with E-state index in [1.165, 1.54) is 12.7 Å². The maximum absolute atomic E-state index is 11.6. The maximum atomic E-state index is 11.6. The van der Waals surface area contributed by atoms with Gasteiger partial charge in [-0.15, -0.1) is 0 Å². The Labute approximate surface area is 114 Å². The van der Waals surface area contributed by atoms with Gasteiger partial charge in [0.05, 0.1) is 7.11 Å². The van der Waals surface area contributed by atoms with E-state index in [1.54, 1.807) is 0 Å². The van der Waals surface area contributed by atoms with E-state index in [9.17, 15) is 4.79 Å². The standard InChI is InChI=1S/C15H21NO3/c1-15(2)16(11-12-7-5-4-6-8-12)10-9-13(19-15)14(17)18-3/h4-8,13H,9-11H2,1-3H3. The van der Waals surface area contributed by atoms with Gasteiger partial charge in [0.25, 0.3) is 0 Å². The molecule has 1 atom stereocenters. The van der Waals surface area contributed by atoms with Gasteiger partial charge in [0, 0.05) is 13.1 Å². The quantitative estimate of drug-likeness (QED) is 0.784. The second-order valence-corrected chi connectivity index (χ2v) is 5.27. The fourth-order valence-corrected chi connectivity index (χ4v) is 2.39. The number of nitrogens with zero attached hydrogens (tertiary/aromatic N) is 1. The molecule has 2 rings (SSSR count). The van der Waals surface area contributed by atoms with Crippen molar-refractivity contribution in [3.63, 3.8) is 0 Å². The summed E-state index contributed by atoms with van der Waals surface area (Å²) in [6, 6.07) is 10.3. The third-order valence-corrected chi connectivity index (χ3v) is 3.53. The van der Waals surface area contributed by atoms with Crippen molar-refractivity contribution in [1.29, 1.82) is 0 Å². The van der Waals surface area contributed by atoms with E-state index in [0.717, 1.165) is 13.1 Å². The molecule has 1 aromatic rings. The summed E-state index contributed by atoms with van der Waals surface area (Å²) in [5, 5.41) is 0. The second kappa shape index (κ2) is 5.72. The molecule has 19 heavy (non-hydrogen) atoms. The lowest BCUT2D eigenvalue weighted by molar-refractivity contribution is -0.215. The molecule has 1 saturated heterocycles. The molecule has 0 N–H and O–H groups in total. The number of hydrogen-bond acceptors (Lipinski definition) is 4. The second-order valence-electron chi connectivity index (χ2n) is 5.27. The van der Waals surface area contributed by atoms with Crippen molar-refractivity contribution in [3.05, 3.63) is 35.9 Å². The van der Waals surface area contributed by atoms with Gasteiger partial charge in [0.15, 0.2) is 6.10 Å². The van der Waals surface area contributed by atoms with E-state index in [0.29, 0.717) is 6.42 Å². The van der Waals surface area contributed by atoms with Crippen LogP contribution in [0.4, 0.5) is 0 Å². The number of rotatable bonds is 3. The Morgan fingerprint density at radius 2 is 2.11 bits per heavy atom. The summed E-state index contributed by atoms with van der Waals surface area (Å²) in [6.07, 6.45) is 0.218. The highest BCUT2D eigenvalue weighted by Crippen LogP contribution is 2.27. The van der Waals surface area contributed by atoms with E-state index >= 15 is 0 Å². The molecule has 1 fully saturated rings. The predicted octanol–water partition coefficient (Wildman–Crippen LogP) is 2.19. The molecule has 1 heterocycles. The topological polar surface area (TPSA) is 38.8 Å². The van der Waals surface area contributed by atoms with Gasteiger partial charge in [0.2, 0.25) is 0 Å². The number of carbonyl (C=O) groups is 1. The van der Waals surface area contributed by atoms with Gasteiger partial charge < -0.3 is 9.47 Å². The van der Waals surface area contributed by atoms with Crippen molar-refractivity contribution in [2.24, 2.45) is 0 Å². The van der Waals surface area contributed by atoms with Crippen LogP contribution in [0.2, 0.25) is 0 Å². The van der Waals surface area contributed by atoms with Crippen LogP contribution in [0.15, 0.2) is 30.3 Å². The van der Waals surface area contributed by atoms with Gasteiger partial charge in [-0.3, -0.25) is 4.90 Å². The van der Waals surface area contributed by atoms with Crippen molar-refractivity contribution in [1.82, 2.24) is 4.90 Å². The molecule has 0 saturated carbocycles. The van der Waals surface area contributed by atoms with Crippen LogP contribution in [0, 0.1) is 0 Å². The number of carbonyl (C=O) groups excluding carboxylic acids is 1. The Morgan fingerprint density at radius 1 is 1.42 bits per heavy atom. The molecule has 0 spiro atoms. The molecule has 1 aromatic carbocycles. The van der Waals surface area contributed by atoms with Crippen LogP contribution < -0.4 is 0 Å². The zero-order chi connectivity index (χ0) is 13.9. The summed E-state index contributed by atoms with van der Waals surface area (Å²) >= 11 is 0. The highest BCUT2D eigenvalue weighted by molar-refractivity contribution is 5.74. The minimum atomic E-state index is -0.465. The molecule has 1 unspecified atom stereocenters. The zero-order valence-corrected chi connectivity index (χ0v) is 11.8. The Balaban J connectivity index is 2.02. The van der Waals surface area contributed by atoms with Crippen molar-refractivity contribution in [3.8, 4) is 0 Å².